The van der Waals surface area contributed by atoms with Crippen LogP contribution in [0.4, 0.5) is 5.69 Å². The number of hydrogen-bond donors (Lipinski definition) is 0. The van der Waals surface area contributed by atoms with Crippen LogP contribution in [0.1, 0.15) is 19.3 Å². The zero-order chi connectivity index (χ0) is 12.9. The minimum Gasteiger partial charge on any atom is -0.455 e. The molecule has 0 unspecified atom stereocenters. The van der Waals surface area contributed by atoms with Gasteiger partial charge in [-0.15, -0.1) is 17.0 Å². The Morgan fingerprint density at radius 2 is 1.40 bits per heavy atom. The fourth-order valence-corrected chi connectivity index (χ4v) is 2.56. The van der Waals surface area contributed by atoms with E-state index in [0.29, 0.717) is 0 Å². The molecule has 0 aliphatic carbocycles. The first kappa shape index (κ1) is 14.9. The van der Waals surface area contributed by atoms with Crippen LogP contribution in [0.25, 0.3) is 0 Å². The smallest absolute Gasteiger partial charge is 0.150 e. The van der Waals surface area contributed by atoms with E-state index in [1.54, 1.807) is 0 Å². The Morgan fingerprint density at radius 3 is 2.15 bits per heavy atom. The van der Waals surface area contributed by atoms with Crippen LogP contribution in [0.5, 0.6) is 11.5 Å². The van der Waals surface area contributed by atoms with Gasteiger partial charge in [0.2, 0.25) is 0 Å². The van der Waals surface area contributed by atoms with Crippen molar-refractivity contribution >= 4 is 22.7 Å². The topological polar surface area (TPSA) is 12.5 Å². The van der Waals surface area contributed by atoms with Gasteiger partial charge in [0.15, 0.2) is 5.75 Å². The van der Waals surface area contributed by atoms with Gasteiger partial charge in [-0.1, -0.05) is 30.3 Å². The molecule has 1 aliphatic heterocycles. The summed E-state index contributed by atoms with van der Waals surface area (Å²) in [6, 6.07) is 18.3. The fraction of sp³-hybridized carbons (Fsp3) is 0.294. The predicted molar refractivity (Wildman–Crippen MR) is 89.3 cm³/mol. The Labute approximate surface area is 131 Å². The Kier molecular flexibility index (Phi) is 5.48. The van der Waals surface area contributed by atoms with Crippen molar-refractivity contribution in [1.82, 2.24) is 0 Å². The highest BCUT2D eigenvalue weighted by molar-refractivity contribution is 8.93. The second-order valence-electron chi connectivity index (χ2n) is 4.93. The van der Waals surface area contributed by atoms with Crippen molar-refractivity contribution in [2.45, 2.75) is 19.3 Å². The lowest BCUT2D eigenvalue weighted by molar-refractivity contribution is 0.477. The summed E-state index contributed by atoms with van der Waals surface area (Å²) in [4.78, 5) is 2.43. The maximum atomic E-state index is 6.02. The van der Waals surface area contributed by atoms with Gasteiger partial charge in [-0.2, -0.15) is 0 Å². The van der Waals surface area contributed by atoms with Crippen molar-refractivity contribution in [2.24, 2.45) is 0 Å². The van der Waals surface area contributed by atoms with E-state index in [4.69, 9.17) is 4.74 Å². The lowest BCUT2D eigenvalue weighted by atomic mass is 10.1. The van der Waals surface area contributed by atoms with E-state index in [-0.39, 0.29) is 17.0 Å². The standard InChI is InChI=1S/C17H19NO.BrH/c1-3-9-15(10-4-1)19-17-12-6-5-11-16(17)18-13-7-2-8-14-18;/h1,3-6,9-12H,2,7-8,13-14H2;1H. The van der Waals surface area contributed by atoms with Gasteiger partial charge in [-0.25, -0.2) is 0 Å². The van der Waals surface area contributed by atoms with Gasteiger partial charge in [-0.3, -0.25) is 0 Å². The number of nitrogens with zero attached hydrogens (tertiary/aromatic N) is 1. The van der Waals surface area contributed by atoms with E-state index in [2.05, 4.69) is 23.1 Å². The van der Waals surface area contributed by atoms with Gasteiger partial charge in [0.25, 0.3) is 0 Å². The highest BCUT2D eigenvalue weighted by Crippen LogP contribution is 2.33. The average Bonchev–Trinajstić information content (AvgIpc) is 2.50. The van der Waals surface area contributed by atoms with Crippen LogP contribution >= 0.6 is 17.0 Å². The molecule has 0 saturated carbocycles. The first-order valence-electron chi connectivity index (χ1n) is 7.00. The second kappa shape index (κ2) is 7.34. The van der Waals surface area contributed by atoms with Crippen LogP contribution in [0, 0.1) is 0 Å². The van der Waals surface area contributed by atoms with E-state index in [0.717, 1.165) is 24.6 Å². The molecule has 0 atom stereocenters. The van der Waals surface area contributed by atoms with Crippen LogP contribution in [-0.4, -0.2) is 13.1 Å². The van der Waals surface area contributed by atoms with Gasteiger partial charge >= 0.3 is 0 Å². The van der Waals surface area contributed by atoms with E-state index >= 15 is 0 Å². The van der Waals surface area contributed by atoms with Crippen molar-refractivity contribution in [3.8, 4) is 11.5 Å². The van der Waals surface area contributed by atoms with Gasteiger partial charge in [0.1, 0.15) is 5.75 Å². The number of anilines is 1. The van der Waals surface area contributed by atoms with Gasteiger partial charge in [-0.05, 0) is 43.5 Å². The van der Waals surface area contributed by atoms with Gasteiger partial charge in [0, 0.05) is 13.1 Å². The van der Waals surface area contributed by atoms with Crippen LogP contribution in [0.2, 0.25) is 0 Å². The lowest BCUT2D eigenvalue weighted by Crippen LogP contribution is -2.29. The van der Waals surface area contributed by atoms with Crippen molar-refractivity contribution in [1.29, 1.82) is 0 Å². The highest BCUT2D eigenvalue weighted by Gasteiger charge is 2.15. The number of benzene rings is 2. The number of piperidine rings is 1. The lowest BCUT2D eigenvalue weighted by Gasteiger charge is -2.30. The molecule has 0 aromatic heterocycles. The average molecular weight is 334 g/mol. The van der Waals surface area contributed by atoms with Crippen LogP contribution in [0.3, 0.4) is 0 Å². The summed E-state index contributed by atoms with van der Waals surface area (Å²) in [6.07, 6.45) is 3.90. The quantitative estimate of drug-likeness (QED) is 0.779. The number of para-hydroxylation sites is 3. The molecule has 1 saturated heterocycles. The summed E-state index contributed by atoms with van der Waals surface area (Å²) in [7, 11) is 0. The molecular weight excluding hydrogens is 314 g/mol. The van der Waals surface area contributed by atoms with E-state index < -0.39 is 0 Å². The molecule has 1 heterocycles. The molecule has 2 aromatic rings. The van der Waals surface area contributed by atoms with Crippen molar-refractivity contribution in [3.05, 3.63) is 54.6 Å². The maximum absolute atomic E-state index is 6.02. The molecule has 3 heteroatoms. The molecule has 3 rings (SSSR count). The third-order valence-corrected chi connectivity index (χ3v) is 3.53. The first-order chi connectivity index (χ1) is 9.43. The molecule has 0 bridgehead atoms. The Hall–Kier alpha value is -1.48. The van der Waals surface area contributed by atoms with Crippen LogP contribution in [-0.2, 0) is 0 Å². The Bertz CT molecular complexity index is 524. The number of halogens is 1. The molecule has 1 fully saturated rings. The normalized spacial score (nSPS) is 14.5. The summed E-state index contributed by atoms with van der Waals surface area (Å²) >= 11 is 0. The highest BCUT2D eigenvalue weighted by atomic mass is 79.9. The van der Waals surface area contributed by atoms with E-state index in [1.807, 2.05) is 36.4 Å². The monoisotopic (exact) mass is 333 g/mol. The SMILES string of the molecule is Br.c1ccc(Oc2ccccc2N2CCCCC2)cc1. The molecule has 2 aromatic carbocycles. The molecule has 1 aliphatic rings. The molecule has 20 heavy (non-hydrogen) atoms. The molecular formula is C17H20BrNO. The third-order valence-electron chi connectivity index (χ3n) is 3.53. The summed E-state index contributed by atoms with van der Waals surface area (Å²) < 4.78 is 6.02. The van der Waals surface area contributed by atoms with Crippen LogP contribution < -0.4 is 9.64 Å². The maximum Gasteiger partial charge on any atom is 0.150 e. The van der Waals surface area contributed by atoms with Crippen molar-refractivity contribution in [3.63, 3.8) is 0 Å². The largest absolute Gasteiger partial charge is 0.455 e. The molecule has 0 amide bonds. The Morgan fingerprint density at radius 1 is 0.750 bits per heavy atom. The molecule has 0 radical (unpaired) electrons. The van der Waals surface area contributed by atoms with Gasteiger partial charge in [0.05, 0.1) is 5.69 Å². The first-order valence-corrected chi connectivity index (χ1v) is 7.00. The van der Waals surface area contributed by atoms with E-state index in [1.165, 1.54) is 24.9 Å². The minimum atomic E-state index is 0. The van der Waals surface area contributed by atoms with Crippen molar-refractivity contribution < 1.29 is 4.74 Å². The van der Waals surface area contributed by atoms with E-state index in [9.17, 15) is 0 Å². The zero-order valence-electron chi connectivity index (χ0n) is 11.5. The minimum absolute atomic E-state index is 0. The van der Waals surface area contributed by atoms with Gasteiger partial charge < -0.3 is 9.64 Å². The zero-order valence-corrected chi connectivity index (χ0v) is 13.2. The molecule has 106 valence electrons. The second-order valence-corrected chi connectivity index (χ2v) is 4.93. The molecule has 0 N–H and O–H groups in total. The fourth-order valence-electron chi connectivity index (χ4n) is 2.56. The summed E-state index contributed by atoms with van der Waals surface area (Å²) in [5, 5.41) is 0. The summed E-state index contributed by atoms with van der Waals surface area (Å²) in [6.45, 7) is 2.27. The third kappa shape index (κ3) is 3.54. The van der Waals surface area contributed by atoms with Crippen LogP contribution in [0.15, 0.2) is 54.6 Å². The number of ether oxygens (including phenoxy) is 1. The van der Waals surface area contributed by atoms with Crippen molar-refractivity contribution in [2.75, 3.05) is 18.0 Å². The number of rotatable bonds is 3. The number of hydrogen-bond acceptors (Lipinski definition) is 2. The molecule has 0 spiro atoms. The summed E-state index contributed by atoms with van der Waals surface area (Å²) in [5.74, 6) is 1.85. The molecule has 2 nitrogen and oxygen atoms in total. The Balaban J connectivity index is 0.00000147. The summed E-state index contributed by atoms with van der Waals surface area (Å²) in [5.41, 5.74) is 1.21. The predicted octanol–water partition coefficient (Wildman–Crippen LogP) is 5.05.